The van der Waals surface area contributed by atoms with Crippen molar-refractivity contribution in [1.29, 1.82) is 0 Å². The maximum absolute atomic E-state index is 13.2. The van der Waals surface area contributed by atoms with Gasteiger partial charge in [0.2, 0.25) is 5.91 Å². The number of carbonyl (C=O) groups is 2. The average molecular weight is 359 g/mol. The summed E-state index contributed by atoms with van der Waals surface area (Å²) in [5.41, 5.74) is 1.02. The zero-order valence-corrected chi connectivity index (χ0v) is 14.9. The quantitative estimate of drug-likeness (QED) is 0.911. The van der Waals surface area contributed by atoms with Crippen molar-refractivity contribution in [2.24, 2.45) is 0 Å². The molecule has 1 aromatic carbocycles. The predicted molar refractivity (Wildman–Crippen MR) is 95.4 cm³/mol. The van der Waals surface area contributed by atoms with Crippen LogP contribution >= 0.6 is 0 Å². The smallest absolute Gasteiger partial charge is 0.257 e. The van der Waals surface area contributed by atoms with Gasteiger partial charge < -0.3 is 14.6 Å². The number of carbonyl (C=O) groups excluding carboxylic acids is 2. The molecule has 3 rings (SSSR count). The van der Waals surface area contributed by atoms with Gasteiger partial charge in [-0.1, -0.05) is 6.07 Å². The molecule has 0 spiro atoms. The van der Waals surface area contributed by atoms with Crippen LogP contribution < -0.4 is 5.32 Å². The SMILES string of the molecule is Cc1occc1C(=O)N1CCN([C@@H](C)C(=O)Nc2cccc(F)c2)CC1. The summed E-state index contributed by atoms with van der Waals surface area (Å²) in [4.78, 5) is 28.7. The zero-order chi connectivity index (χ0) is 18.7. The molecule has 1 fully saturated rings. The van der Waals surface area contributed by atoms with Crippen LogP contribution in [-0.4, -0.2) is 53.8 Å². The molecule has 0 bridgehead atoms. The maximum Gasteiger partial charge on any atom is 0.257 e. The van der Waals surface area contributed by atoms with Gasteiger partial charge in [0.1, 0.15) is 11.6 Å². The van der Waals surface area contributed by atoms with Gasteiger partial charge in [0.25, 0.3) is 5.91 Å². The Hall–Kier alpha value is -2.67. The third-order valence-electron chi connectivity index (χ3n) is 4.71. The van der Waals surface area contributed by atoms with Crippen molar-refractivity contribution >= 4 is 17.5 Å². The monoisotopic (exact) mass is 359 g/mol. The first-order valence-electron chi connectivity index (χ1n) is 8.59. The van der Waals surface area contributed by atoms with Crippen molar-refractivity contribution in [2.45, 2.75) is 19.9 Å². The van der Waals surface area contributed by atoms with Gasteiger partial charge in [0.15, 0.2) is 0 Å². The Labute approximate surface area is 151 Å². The van der Waals surface area contributed by atoms with E-state index in [2.05, 4.69) is 5.32 Å². The number of piperazine rings is 1. The third-order valence-corrected chi connectivity index (χ3v) is 4.71. The normalized spacial score (nSPS) is 16.3. The average Bonchev–Trinajstić information content (AvgIpc) is 3.06. The zero-order valence-electron chi connectivity index (χ0n) is 14.9. The lowest BCUT2D eigenvalue weighted by Gasteiger charge is -2.37. The lowest BCUT2D eigenvalue weighted by Crippen LogP contribution is -2.54. The topological polar surface area (TPSA) is 65.8 Å². The molecule has 26 heavy (non-hydrogen) atoms. The minimum Gasteiger partial charge on any atom is -0.469 e. The van der Waals surface area contributed by atoms with Crippen molar-refractivity contribution in [3.05, 3.63) is 53.7 Å². The number of hydrogen-bond donors (Lipinski definition) is 1. The summed E-state index contributed by atoms with van der Waals surface area (Å²) in [5, 5.41) is 2.73. The molecule has 2 amide bonds. The van der Waals surface area contributed by atoms with Crippen molar-refractivity contribution in [2.75, 3.05) is 31.5 Å². The number of hydrogen-bond acceptors (Lipinski definition) is 4. The molecule has 1 aromatic heterocycles. The number of anilines is 1. The van der Waals surface area contributed by atoms with Crippen LogP contribution in [0.5, 0.6) is 0 Å². The van der Waals surface area contributed by atoms with E-state index in [-0.39, 0.29) is 17.9 Å². The van der Waals surface area contributed by atoms with E-state index in [0.29, 0.717) is 43.2 Å². The fraction of sp³-hybridized carbons (Fsp3) is 0.368. The van der Waals surface area contributed by atoms with E-state index in [4.69, 9.17) is 4.42 Å². The van der Waals surface area contributed by atoms with Gasteiger partial charge in [-0.25, -0.2) is 4.39 Å². The highest BCUT2D eigenvalue weighted by atomic mass is 19.1. The minimum absolute atomic E-state index is 0.0484. The summed E-state index contributed by atoms with van der Waals surface area (Å²) in [6.45, 7) is 5.86. The van der Waals surface area contributed by atoms with E-state index in [0.717, 1.165) is 0 Å². The molecule has 1 aliphatic heterocycles. The lowest BCUT2D eigenvalue weighted by molar-refractivity contribution is -0.121. The molecular formula is C19H22FN3O3. The van der Waals surface area contributed by atoms with Crippen molar-refractivity contribution in [3.63, 3.8) is 0 Å². The first-order valence-corrected chi connectivity index (χ1v) is 8.59. The van der Waals surface area contributed by atoms with E-state index >= 15 is 0 Å². The van der Waals surface area contributed by atoms with Crippen LogP contribution in [-0.2, 0) is 4.79 Å². The number of aryl methyl sites for hydroxylation is 1. The second kappa shape index (κ2) is 7.70. The molecule has 1 saturated heterocycles. The van der Waals surface area contributed by atoms with Crippen LogP contribution in [0.25, 0.3) is 0 Å². The molecule has 138 valence electrons. The fourth-order valence-electron chi connectivity index (χ4n) is 3.07. The van der Waals surface area contributed by atoms with Crippen molar-refractivity contribution < 1.29 is 18.4 Å². The van der Waals surface area contributed by atoms with Gasteiger partial charge in [-0.05, 0) is 38.1 Å². The Kier molecular flexibility index (Phi) is 5.37. The van der Waals surface area contributed by atoms with E-state index < -0.39 is 5.82 Å². The van der Waals surface area contributed by atoms with E-state index in [9.17, 15) is 14.0 Å². The summed E-state index contributed by atoms with van der Waals surface area (Å²) in [5.74, 6) is -0.0220. The van der Waals surface area contributed by atoms with Gasteiger partial charge in [-0.3, -0.25) is 14.5 Å². The highest BCUT2D eigenvalue weighted by molar-refractivity contribution is 5.95. The molecule has 0 radical (unpaired) electrons. The second-order valence-corrected chi connectivity index (χ2v) is 6.39. The molecule has 0 unspecified atom stereocenters. The van der Waals surface area contributed by atoms with Crippen molar-refractivity contribution in [3.8, 4) is 0 Å². The predicted octanol–water partition coefficient (Wildman–Crippen LogP) is 2.51. The molecule has 1 N–H and O–H groups in total. The largest absolute Gasteiger partial charge is 0.469 e. The minimum atomic E-state index is -0.392. The first kappa shape index (κ1) is 18.1. The summed E-state index contributed by atoms with van der Waals surface area (Å²) in [7, 11) is 0. The number of halogens is 1. The number of nitrogens with one attached hydrogen (secondary N) is 1. The van der Waals surface area contributed by atoms with Gasteiger partial charge in [0, 0.05) is 31.9 Å². The Morgan fingerprint density at radius 2 is 1.92 bits per heavy atom. The molecule has 1 atom stereocenters. The van der Waals surface area contributed by atoms with Crippen LogP contribution in [0.2, 0.25) is 0 Å². The van der Waals surface area contributed by atoms with Crippen molar-refractivity contribution in [1.82, 2.24) is 9.80 Å². The first-order chi connectivity index (χ1) is 12.5. The molecule has 0 aliphatic carbocycles. The molecule has 2 aromatic rings. The molecular weight excluding hydrogens is 337 g/mol. The Bertz CT molecular complexity index is 797. The van der Waals surface area contributed by atoms with Crippen LogP contribution in [0, 0.1) is 12.7 Å². The summed E-state index contributed by atoms with van der Waals surface area (Å²) >= 11 is 0. The Morgan fingerprint density at radius 3 is 2.54 bits per heavy atom. The molecule has 1 aliphatic rings. The summed E-state index contributed by atoms with van der Waals surface area (Å²) in [6, 6.07) is 7.13. The third kappa shape index (κ3) is 3.94. The number of benzene rings is 1. The molecule has 0 saturated carbocycles. The fourth-order valence-corrected chi connectivity index (χ4v) is 3.07. The van der Waals surface area contributed by atoms with Gasteiger partial charge >= 0.3 is 0 Å². The van der Waals surface area contributed by atoms with Gasteiger partial charge in [-0.15, -0.1) is 0 Å². The summed E-state index contributed by atoms with van der Waals surface area (Å²) < 4.78 is 18.4. The van der Waals surface area contributed by atoms with E-state index in [1.54, 1.807) is 30.0 Å². The maximum atomic E-state index is 13.2. The second-order valence-electron chi connectivity index (χ2n) is 6.39. The van der Waals surface area contributed by atoms with E-state index in [1.807, 2.05) is 11.8 Å². The number of furan rings is 1. The van der Waals surface area contributed by atoms with Crippen LogP contribution in [0.4, 0.5) is 10.1 Å². The Balaban J connectivity index is 1.54. The Morgan fingerprint density at radius 1 is 1.19 bits per heavy atom. The van der Waals surface area contributed by atoms with Crippen LogP contribution in [0.3, 0.4) is 0 Å². The van der Waals surface area contributed by atoms with Gasteiger partial charge in [-0.2, -0.15) is 0 Å². The van der Waals surface area contributed by atoms with Crippen LogP contribution in [0.1, 0.15) is 23.0 Å². The number of rotatable bonds is 4. The summed E-state index contributed by atoms with van der Waals surface area (Å²) in [6.07, 6.45) is 1.51. The number of nitrogens with zero attached hydrogens (tertiary/aromatic N) is 2. The molecule has 2 heterocycles. The standard InChI is InChI=1S/C19H22FN3O3/c1-13(18(24)21-16-5-3-4-15(20)12-16)22-7-9-23(10-8-22)19(25)17-6-11-26-14(17)2/h3-6,11-13H,7-10H2,1-2H3,(H,21,24)/t13-/m0/s1. The lowest BCUT2D eigenvalue weighted by atomic mass is 10.1. The molecule has 7 heteroatoms. The van der Waals surface area contributed by atoms with E-state index in [1.165, 1.54) is 18.4 Å². The molecule has 6 nitrogen and oxygen atoms in total. The highest BCUT2D eigenvalue weighted by Gasteiger charge is 2.28. The van der Waals surface area contributed by atoms with Gasteiger partial charge in [0.05, 0.1) is 17.9 Å². The highest BCUT2D eigenvalue weighted by Crippen LogP contribution is 2.16. The number of amides is 2. The van der Waals surface area contributed by atoms with Crippen LogP contribution in [0.15, 0.2) is 41.0 Å².